The average Bonchev–Trinajstić information content (AvgIpc) is 3.05. The van der Waals surface area contributed by atoms with Gasteiger partial charge in [-0.15, -0.1) is 0 Å². The molecule has 0 aromatic heterocycles. The predicted octanol–water partition coefficient (Wildman–Crippen LogP) is 5.65. The lowest BCUT2D eigenvalue weighted by molar-refractivity contribution is -0.129. The highest BCUT2D eigenvalue weighted by Gasteiger charge is 2.12. The van der Waals surface area contributed by atoms with E-state index in [1.54, 1.807) is 104 Å². The van der Waals surface area contributed by atoms with Crippen molar-refractivity contribution in [1.29, 1.82) is 0 Å². The van der Waals surface area contributed by atoms with Crippen LogP contribution in [0.4, 0.5) is 5.69 Å². The highest BCUT2D eigenvalue weighted by Crippen LogP contribution is 2.22. The van der Waals surface area contributed by atoms with E-state index in [4.69, 9.17) is 14.2 Å². The highest BCUT2D eigenvalue weighted by atomic mass is 16.5. The first kappa shape index (κ1) is 30.9. The van der Waals surface area contributed by atoms with Crippen LogP contribution in [0.5, 0.6) is 17.2 Å². The summed E-state index contributed by atoms with van der Waals surface area (Å²) in [5.74, 6) is -0.731. The van der Waals surface area contributed by atoms with E-state index in [0.717, 1.165) is 0 Å². The van der Waals surface area contributed by atoms with Crippen molar-refractivity contribution < 1.29 is 33.4 Å². The van der Waals surface area contributed by atoms with E-state index in [0.29, 0.717) is 40.1 Å². The van der Waals surface area contributed by atoms with Crippen LogP contribution in [0.2, 0.25) is 0 Å². The molecule has 0 radical (unpaired) electrons. The number of nitrogens with one attached hydrogen (secondary N) is 2. The summed E-state index contributed by atoms with van der Waals surface area (Å²) in [6.45, 7) is 1.75. The Kier molecular flexibility index (Phi) is 10.7. The van der Waals surface area contributed by atoms with Gasteiger partial charge in [0.1, 0.15) is 17.2 Å². The normalized spacial score (nSPS) is 10.8. The second-order valence-corrected chi connectivity index (χ2v) is 9.13. The van der Waals surface area contributed by atoms with Crippen molar-refractivity contribution in [3.8, 4) is 17.2 Å². The first-order valence-corrected chi connectivity index (χ1v) is 13.5. The number of benzene rings is 4. The molecular weight excluding hydrogens is 562 g/mol. The van der Waals surface area contributed by atoms with E-state index in [9.17, 15) is 19.2 Å². The number of amides is 2. The van der Waals surface area contributed by atoms with E-state index < -0.39 is 17.8 Å². The summed E-state index contributed by atoms with van der Waals surface area (Å²) in [5.41, 5.74) is 4.63. The molecule has 0 atom stereocenters. The second kappa shape index (κ2) is 15.3. The largest absolute Gasteiger partial charge is 0.497 e. The summed E-state index contributed by atoms with van der Waals surface area (Å²) in [5, 5.41) is 6.69. The van der Waals surface area contributed by atoms with Gasteiger partial charge in [0.2, 0.25) is 5.91 Å². The quantitative estimate of drug-likeness (QED) is 0.0758. The summed E-state index contributed by atoms with van der Waals surface area (Å²) >= 11 is 0. The number of rotatable bonds is 11. The Bertz CT molecular complexity index is 1690. The third kappa shape index (κ3) is 8.73. The van der Waals surface area contributed by atoms with Crippen LogP contribution in [0, 0.1) is 0 Å². The molecule has 0 aliphatic heterocycles. The van der Waals surface area contributed by atoms with Crippen LogP contribution in [0.1, 0.15) is 45.2 Å². The van der Waals surface area contributed by atoms with Gasteiger partial charge in [-0.25, -0.2) is 15.0 Å². The molecule has 222 valence electrons. The summed E-state index contributed by atoms with van der Waals surface area (Å²) in [6, 6.07) is 26.3. The first-order valence-electron chi connectivity index (χ1n) is 13.5. The number of nitrogens with zero attached hydrogens (tertiary/aromatic N) is 1. The molecule has 2 N–H and O–H groups in total. The Morgan fingerprint density at radius 1 is 0.750 bits per heavy atom. The molecule has 0 bridgehead atoms. The lowest BCUT2D eigenvalue weighted by Crippen LogP contribution is -2.18. The maximum absolute atomic E-state index is 12.7. The van der Waals surface area contributed by atoms with Crippen molar-refractivity contribution in [3.63, 3.8) is 0 Å². The number of carbonyl (C=O) groups is 4. The minimum Gasteiger partial charge on any atom is -0.497 e. The zero-order valence-corrected chi connectivity index (χ0v) is 24.0. The van der Waals surface area contributed by atoms with E-state index in [1.165, 1.54) is 25.5 Å². The molecule has 0 spiro atoms. The van der Waals surface area contributed by atoms with Crippen molar-refractivity contribution in [2.75, 3.05) is 12.4 Å². The summed E-state index contributed by atoms with van der Waals surface area (Å²) in [7, 11) is 1.54. The number of ether oxygens (including phenoxy) is 3. The topological polar surface area (TPSA) is 132 Å². The molecule has 4 aromatic rings. The number of carbonyl (C=O) groups excluding carboxylic acids is 4. The molecule has 0 aliphatic carbocycles. The molecule has 0 heterocycles. The lowest BCUT2D eigenvalue weighted by Gasteiger charge is -2.08. The number of esters is 2. The van der Waals surface area contributed by atoms with Gasteiger partial charge in [-0.2, -0.15) is 5.10 Å². The number of hydrogen-bond acceptors (Lipinski definition) is 8. The van der Waals surface area contributed by atoms with Gasteiger partial charge in [0.15, 0.2) is 0 Å². The Labute approximate surface area is 254 Å². The van der Waals surface area contributed by atoms with Gasteiger partial charge in [-0.3, -0.25) is 9.59 Å². The van der Waals surface area contributed by atoms with Crippen LogP contribution in [0.3, 0.4) is 0 Å². The Hall–Kier alpha value is -6.03. The number of anilines is 1. The van der Waals surface area contributed by atoms with Crippen LogP contribution >= 0.6 is 0 Å². The van der Waals surface area contributed by atoms with Crippen molar-refractivity contribution >= 4 is 41.7 Å². The van der Waals surface area contributed by atoms with Crippen LogP contribution in [-0.2, 0) is 9.59 Å². The molecule has 0 fully saturated rings. The zero-order chi connectivity index (χ0) is 31.3. The smallest absolute Gasteiger partial charge is 0.343 e. The summed E-state index contributed by atoms with van der Waals surface area (Å²) < 4.78 is 16.1. The Balaban J connectivity index is 1.36. The molecule has 10 nitrogen and oxygen atoms in total. The van der Waals surface area contributed by atoms with Gasteiger partial charge < -0.3 is 19.5 Å². The van der Waals surface area contributed by atoms with Crippen molar-refractivity contribution in [3.05, 3.63) is 125 Å². The monoisotopic (exact) mass is 591 g/mol. The molecule has 4 aromatic carbocycles. The number of methoxy groups -OCH3 is 1. The molecule has 0 saturated carbocycles. The molecule has 0 unspecified atom stereocenters. The fourth-order valence-electron chi connectivity index (χ4n) is 3.76. The van der Waals surface area contributed by atoms with Crippen LogP contribution < -0.4 is 25.0 Å². The molecular formula is C34H29N3O7. The lowest BCUT2D eigenvalue weighted by atomic mass is 10.1. The molecule has 4 rings (SSSR count). The fraction of sp³-hybridized carbons (Fsp3) is 0.0882. The molecule has 10 heteroatoms. The molecule has 2 amide bonds. The van der Waals surface area contributed by atoms with E-state index in [1.807, 2.05) is 0 Å². The van der Waals surface area contributed by atoms with Crippen LogP contribution in [0.15, 0.2) is 108 Å². The Morgan fingerprint density at radius 2 is 1.36 bits per heavy atom. The standard InChI is InChI=1S/C34H29N3O7/c1-3-31(38)36-27-17-12-24(13-18-27)33(40)37-35-22-26-9-5-7-11-30(26)43-32(39)21-16-23-8-4-6-10-29(23)44-34(41)25-14-19-28(42-2)20-15-25/h4-22H,3H2,1-2H3,(H,36,38)(H,37,40)/b21-16+,35-22+. The van der Waals surface area contributed by atoms with E-state index in [2.05, 4.69) is 15.8 Å². The second-order valence-electron chi connectivity index (χ2n) is 9.13. The van der Waals surface area contributed by atoms with Gasteiger partial charge in [-0.1, -0.05) is 37.3 Å². The molecule has 44 heavy (non-hydrogen) atoms. The zero-order valence-electron chi connectivity index (χ0n) is 24.0. The third-order valence-electron chi connectivity index (χ3n) is 6.10. The van der Waals surface area contributed by atoms with Gasteiger partial charge in [0, 0.05) is 34.9 Å². The molecule has 0 aliphatic rings. The van der Waals surface area contributed by atoms with Gasteiger partial charge in [-0.05, 0) is 72.8 Å². The fourth-order valence-corrected chi connectivity index (χ4v) is 3.76. The first-order chi connectivity index (χ1) is 21.4. The van der Waals surface area contributed by atoms with Crippen molar-refractivity contribution in [2.24, 2.45) is 5.10 Å². The van der Waals surface area contributed by atoms with E-state index >= 15 is 0 Å². The molecule has 0 saturated heterocycles. The maximum Gasteiger partial charge on any atom is 0.343 e. The minimum atomic E-state index is -0.679. The number of hydrogen-bond donors (Lipinski definition) is 2. The van der Waals surface area contributed by atoms with Gasteiger partial charge in [0.25, 0.3) is 5.91 Å². The van der Waals surface area contributed by atoms with Gasteiger partial charge in [0.05, 0.1) is 18.9 Å². The number of hydrazone groups is 1. The van der Waals surface area contributed by atoms with Gasteiger partial charge >= 0.3 is 11.9 Å². The maximum atomic E-state index is 12.7. The summed E-state index contributed by atoms with van der Waals surface area (Å²) in [4.78, 5) is 49.3. The number of para-hydroxylation sites is 2. The third-order valence-corrected chi connectivity index (χ3v) is 6.10. The summed E-state index contributed by atoms with van der Waals surface area (Å²) in [6.07, 6.45) is 4.40. The van der Waals surface area contributed by atoms with Crippen LogP contribution in [0.25, 0.3) is 6.08 Å². The van der Waals surface area contributed by atoms with Crippen molar-refractivity contribution in [2.45, 2.75) is 13.3 Å². The van der Waals surface area contributed by atoms with Crippen LogP contribution in [-0.4, -0.2) is 37.1 Å². The van der Waals surface area contributed by atoms with E-state index in [-0.39, 0.29) is 17.4 Å². The Morgan fingerprint density at radius 3 is 2.02 bits per heavy atom. The predicted molar refractivity (Wildman–Crippen MR) is 166 cm³/mol. The SMILES string of the molecule is CCC(=O)Nc1ccc(C(=O)N/N=C/c2ccccc2OC(=O)/C=C/c2ccccc2OC(=O)c2ccc(OC)cc2)cc1. The average molecular weight is 592 g/mol. The highest BCUT2D eigenvalue weighted by molar-refractivity contribution is 5.97. The minimum absolute atomic E-state index is 0.127. The van der Waals surface area contributed by atoms with Crippen molar-refractivity contribution in [1.82, 2.24) is 5.43 Å².